The van der Waals surface area contributed by atoms with Crippen LogP contribution in [0.4, 0.5) is 8.78 Å². The molecule has 2 aliphatic rings. The van der Waals surface area contributed by atoms with Gasteiger partial charge in [-0.1, -0.05) is 48.5 Å². The highest BCUT2D eigenvalue weighted by molar-refractivity contribution is 5.86. The van der Waals surface area contributed by atoms with Crippen LogP contribution in [0, 0.1) is 11.6 Å². The minimum absolute atomic E-state index is 0.00647. The summed E-state index contributed by atoms with van der Waals surface area (Å²) in [4.78, 5) is 5.97. The van der Waals surface area contributed by atoms with E-state index in [4.69, 9.17) is 9.47 Å². The van der Waals surface area contributed by atoms with Gasteiger partial charge in [0.15, 0.2) is 11.5 Å². The molecule has 0 aliphatic carbocycles. The average Bonchev–Trinajstić information content (AvgIpc) is 3.34. The van der Waals surface area contributed by atoms with Gasteiger partial charge in [0, 0.05) is 29.2 Å². The van der Waals surface area contributed by atoms with Gasteiger partial charge in [-0.15, -0.1) is 0 Å². The molecule has 0 fully saturated rings. The van der Waals surface area contributed by atoms with Crippen molar-refractivity contribution in [3.8, 4) is 11.5 Å². The first kappa shape index (κ1) is 23.9. The van der Waals surface area contributed by atoms with Crippen molar-refractivity contribution >= 4 is 10.9 Å². The summed E-state index contributed by atoms with van der Waals surface area (Å²) in [5.74, 6) is 0.902. The maximum atomic E-state index is 15.2. The van der Waals surface area contributed by atoms with Crippen LogP contribution in [0.1, 0.15) is 45.6 Å². The van der Waals surface area contributed by atoms with E-state index in [0.717, 1.165) is 52.2 Å². The number of H-pyrrole nitrogens is 1. The first-order valence-electron chi connectivity index (χ1n) is 13.3. The Labute approximate surface area is 225 Å². The molecule has 196 valence electrons. The molecule has 0 saturated carbocycles. The molecule has 2 unspecified atom stereocenters. The Morgan fingerprint density at radius 3 is 2.54 bits per heavy atom. The van der Waals surface area contributed by atoms with Crippen molar-refractivity contribution < 1.29 is 18.3 Å². The Morgan fingerprint density at radius 2 is 1.74 bits per heavy atom. The Kier molecular flexibility index (Phi) is 5.85. The van der Waals surface area contributed by atoms with E-state index in [1.165, 1.54) is 23.8 Å². The van der Waals surface area contributed by atoms with Crippen molar-refractivity contribution in [1.82, 2.24) is 9.88 Å². The van der Waals surface area contributed by atoms with Gasteiger partial charge in [0.1, 0.15) is 18.2 Å². The van der Waals surface area contributed by atoms with Crippen LogP contribution in [-0.2, 0) is 19.4 Å². The number of hydrogen-bond donors (Lipinski definition) is 1. The fourth-order valence-electron chi connectivity index (χ4n) is 6.37. The second-order valence-electron chi connectivity index (χ2n) is 10.3. The number of aromatic amines is 1. The molecule has 0 saturated heterocycles. The molecule has 1 aromatic heterocycles. The van der Waals surface area contributed by atoms with Crippen LogP contribution in [0.25, 0.3) is 10.9 Å². The Hall–Kier alpha value is -4.16. The van der Waals surface area contributed by atoms with Crippen LogP contribution in [0.5, 0.6) is 11.5 Å². The Bertz CT molecular complexity index is 1660. The van der Waals surface area contributed by atoms with E-state index in [1.807, 2.05) is 48.5 Å². The molecule has 6 heteroatoms. The van der Waals surface area contributed by atoms with Gasteiger partial charge in [-0.2, -0.15) is 0 Å². The molecule has 3 heterocycles. The van der Waals surface area contributed by atoms with Crippen molar-refractivity contribution in [3.05, 3.63) is 130 Å². The van der Waals surface area contributed by atoms with Gasteiger partial charge >= 0.3 is 0 Å². The largest absolute Gasteiger partial charge is 0.493 e. The van der Waals surface area contributed by atoms with Crippen LogP contribution in [0.2, 0.25) is 0 Å². The number of benzene rings is 4. The zero-order valence-corrected chi connectivity index (χ0v) is 21.6. The molecule has 4 aromatic carbocycles. The third kappa shape index (κ3) is 4.07. The van der Waals surface area contributed by atoms with Crippen molar-refractivity contribution in [3.63, 3.8) is 0 Å². The van der Waals surface area contributed by atoms with E-state index in [0.29, 0.717) is 24.2 Å². The summed E-state index contributed by atoms with van der Waals surface area (Å²) in [5, 5.41) is 0.640. The number of nitrogens with zero attached hydrogens (tertiary/aromatic N) is 1. The lowest BCUT2D eigenvalue weighted by atomic mass is 9.80. The minimum atomic E-state index is -0.272. The van der Waals surface area contributed by atoms with E-state index in [1.54, 1.807) is 13.2 Å². The van der Waals surface area contributed by atoms with Gasteiger partial charge in [-0.3, -0.25) is 4.90 Å². The summed E-state index contributed by atoms with van der Waals surface area (Å²) in [6.07, 6.45) is 1.49. The quantitative estimate of drug-likeness (QED) is 0.264. The molecule has 7 rings (SSSR count). The van der Waals surface area contributed by atoms with Crippen LogP contribution in [-0.4, -0.2) is 23.5 Å². The van der Waals surface area contributed by atoms with Gasteiger partial charge in [-0.05, 0) is 77.1 Å². The highest BCUT2D eigenvalue weighted by Gasteiger charge is 2.41. The van der Waals surface area contributed by atoms with Gasteiger partial charge < -0.3 is 14.5 Å². The van der Waals surface area contributed by atoms with E-state index in [-0.39, 0.29) is 23.7 Å². The first-order valence-corrected chi connectivity index (χ1v) is 13.3. The second-order valence-corrected chi connectivity index (χ2v) is 10.3. The topological polar surface area (TPSA) is 37.5 Å². The third-order valence-corrected chi connectivity index (χ3v) is 8.16. The second kappa shape index (κ2) is 9.54. The van der Waals surface area contributed by atoms with Crippen molar-refractivity contribution in [2.75, 3.05) is 13.7 Å². The molecule has 5 aromatic rings. The third-order valence-electron chi connectivity index (χ3n) is 8.16. The standard InChI is InChI=1S/C33H28F2N2O2/c1-38-29-18-24-22(16-30(29)39-19-20-6-3-2-4-7-20)14-15-37-28(24)17-25-31-26(35)8-5-9-27(31)36-32(25)33(37)21-10-12-23(34)13-11-21/h2-13,16,18,28,33,36H,14-15,17,19H2,1H3. The van der Waals surface area contributed by atoms with Gasteiger partial charge in [0.2, 0.25) is 0 Å². The fraction of sp³-hybridized carbons (Fsp3) is 0.212. The zero-order valence-electron chi connectivity index (χ0n) is 21.6. The van der Waals surface area contributed by atoms with Crippen LogP contribution in [0.15, 0.2) is 84.9 Å². The van der Waals surface area contributed by atoms with Gasteiger partial charge in [0.05, 0.1) is 13.2 Å². The smallest absolute Gasteiger partial charge is 0.161 e. The number of methoxy groups -OCH3 is 1. The summed E-state index contributed by atoms with van der Waals surface area (Å²) in [5.41, 5.74) is 7.19. The van der Waals surface area contributed by atoms with Crippen molar-refractivity contribution in [2.24, 2.45) is 0 Å². The molecule has 0 spiro atoms. The van der Waals surface area contributed by atoms with Crippen LogP contribution >= 0.6 is 0 Å². The predicted octanol–water partition coefficient (Wildman–Crippen LogP) is 7.28. The summed E-state index contributed by atoms with van der Waals surface area (Å²) >= 11 is 0. The molecular formula is C33H28F2N2O2. The number of hydrogen-bond acceptors (Lipinski definition) is 3. The lowest BCUT2D eigenvalue weighted by Crippen LogP contribution is -2.43. The number of nitrogens with one attached hydrogen (secondary N) is 1. The number of rotatable bonds is 5. The highest BCUT2D eigenvalue weighted by Crippen LogP contribution is 2.50. The molecule has 0 amide bonds. The molecule has 39 heavy (non-hydrogen) atoms. The minimum Gasteiger partial charge on any atom is -0.493 e. The molecule has 2 aliphatic heterocycles. The Balaban J connectivity index is 1.33. The average molecular weight is 523 g/mol. The van der Waals surface area contributed by atoms with Crippen molar-refractivity contribution in [1.29, 1.82) is 0 Å². The summed E-state index contributed by atoms with van der Waals surface area (Å²) in [6, 6.07) is 26.0. The van der Waals surface area contributed by atoms with E-state index in [2.05, 4.69) is 22.0 Å². The van der Waals surface area contributed by atoms with Gasteiger partial charge in [0.25, 0.3) is 0 Å². The van der Waals surface area contributed by atoms with E-state index in [9.17, 15) is 4.39 Å². The predicted molar refractivity (Wildman–Crippen MR) is 147 cm³/mol. The summed E-state index contributed by atoms with van der Waals surface area (Å²) < 4.78 is 41.1. The van der Waals surface area contributed by atoms with E-state index < -0.39 is 0 Å². The Morgan fingerprint density at radius 1 is 0.923 bits per heavy atom. The zero-order chi connectivity index (χ0) is 26.5. The monoisotopic (exact) mass is 522 g/mol. The molecule has 2 atom stereocenters. The molecular weight excluding hydrogens is 494 g/mol. The SMILES string of the molecule is COc1cc2c(cc1OCc1ccccc1)CCN1C2Cc2c([nH]c3cccc(F)c23)C1c1ccc(F)cc1. The van der Waals surface area contributed by atoms with E-state index >= 15 is 4.39 Å². The number of halogens is 2. The molecule has 1 N–H and O–H groups in total. The first-order chi connectivity index (χ1) is 19.1. The lowest BCUT2D eigenvalue weighted by Gasteiger charge is -2.46. The summed E-state index contributed by atoms with van der Waals surface area (Å²) in [6.45, 7) is 1.26. The normalized spacial score (nSPS) is 18.3. The summed E-state index contributed by atoms with van der Waals surface area (Å²) in [7, 11) is 1.66. The maximum Gasteiger partial charge on any atom is 0.161 e. The fourth-order valence-corrected chi connectivity index (χ4v) is 6.37. The number of aromatic nitrogens is 1. The number of ether oxygens (including phenoxy) is 2. The van der Waals surface area contributed by atoms with Gasteiger partial charge in [-0.25, -0.2) is 8.78 Å². The van der Waals surface area contributed by atoms with Crippen LogP contribution in [0.3, 0.4) is 0 Å². The lowest BCUT2D eigenvalue weighted by molar-refractivity contribution is 0.127. The van der Waals surface area contributed by atoms with Crippen molar-refractivity contribution in [2.45, 2.75) is 31.5 Å². The van der Waals surface area contributed by atoms with Crippen LogP contribution < -0.4 is 9.47 Å². The molecule has 0 radical (unpaired) electrons. The molecule has 0 bridgehead atoms. The number of fused-ring (bicyclic) bond motifs is 6. The molecule has 4 nitrogen and oxygen atoms in total. The maximum absolute atomic E-state index is 15.2. The highest BCUT2D eigenvalue weighted by atomic mass is 19.1.